The van der Waals surface area contributed by atoms with Gasteiger partial charge in [-0.1, -0.05) is 18.2 Å². The second-order valence-corrected chi connectivity index (χ2v) is 7.75. The van der Waals surface area contributed by atoms with Crippen LogP contribution in [0.3, 0.4) is 0 Å². The van der Waals surface area contributed by atoms with Crippen LogP contribution < -0.4 is 16.8 Å². The molecule has 0 aliphatic heterocycles. The van der Waals surface area contributed by atoms with E-state index in [1.807, 2.05) is 18.2 Å². The smallest absolute Gasteiger partial charge is 0.269 e. The van der Waals surface area contributed by atoms with Gasteiger partial charge in [-0.2, -0.15) is 5.10 Å². The van der Waals surface area contributed by atoms with Gasteiger partial charge < -0.3 is 16.8 Å². The van der Waals surface area contributed by atoms with Crippen molar-refractivity contribution in [1.82, 2.24) is 14.8 Å². The SMILES string of the molecule is NC(=O)c1nn(CC(=O)Nc2cccc(Br)n2)c2cccc([C@H]3C[C@H](N)C3)c12. The normalized spacial score (nSPS) is 18.6. The Balaban J connectivity index is 1.66. The number of carbonyl (C=O) groups excluding carboxylic acids is 2. The first-order chi connectivity index (χ1) is 13.4. The monoisotopic (exact) mass is 442 g/mol. The van der Waals surface area contributed by atoms with Gasteiger partial charge in [0.2, 0.25) is 5.91 Å². The number of amides is 2. The topological polar surface area (TPSA) is 129 Å². The molecule has 0 spiro atoms. The lowest BCUT2D eigenvalue weighted by Gasteiger charge is -2.33. The van der Waals surface area contributed by atoms with E-state index in [-0.39, 0.29) is 30.1 Å². The zero-order valence-corrected chi connectivity index (χ0v) is 16.5. The van der Waals surface area contributed by atoms with Gasteiger partial charge in [-0.05, 0) is 58.5 Å². The molecule has 4 rings (SSSR count). The van der Waals surface area contributed by atoms with Crippen LogP contribution in [0.15, 0.2) is 41.0 Å². The van der Waals surface area contributed by atoms with E-state index in [1.54, 1.807) is 18.2 Å². The van der Waals surface area contributed by atoms with Crippen molar-refractivity contribution >= 4 is 44.5 Å². The molecule has 1 fully saturated rings. The summed E-state index contributed by atoms with van der Waals surface area (Å²) >= 11 is 3.27. The van der Waals surface area contributed by atoms with Crippen LogP contribution in [0.2, 0.25) is 0 Å². The highest BCUT2D eigenvalue weighted by atomic mass is 79.9. The number of hydrogen-bond acceptors (Lipinski definition) is 5. The summed E-state index contributed by atoms with van der Waals surface area (Å²) in [5.74, 6) is -0.222. The number of anilines is 1. The largest absolute Gasteiger partial charge is 0.364 e. The van der Waals surface area contributed by atoms with E-state index in [0.717, 1.165) is 18.4 Å². The highest BCUT2D eigenvalue weighted by Gasteiger charge is 2.31. The number of nitrogens with one attached hydrogen (secondary N) is 1. The number of carbonyl (C=O) groups is 2. The van der Waals surface area contributed by atoms with Crippen LogP contribution in [0.25, 0.3) is 10.9 Å². The molecule has 3 aromatic rings. The fourth-order valence-electron chi connectivity index (χ4n) is 3.60. The molecule has 9 heteroatoms. The number of nitrogens with two attached hydrogens (primary N) is 2. The Morgan fingerprint density at radius 1 is 1.21 bits per heavy atom. The number of primary amides is 1. The second-order valence-electron chi connectivity index (χ2n) is 6.93. The standard InChI is InChI=1S/C19H19BrN6O2/c20-14-5-2-6-15(23-14)24-16(27)9-26-13-4-1-3-12(10-7-11(21)8-10)17(13)18(25-26)19(22)28/h1-6,10-11H,7-9,21H2,(H2,22,28)(H,23,24,27)/t10-,11-. The van der Waals surface area contributed by atoms with E-state index in [2.05, 4.69) is 31.3 Å². The number of aromatic nitrogens is 3. The Morgan fingerprint density at radius 3 is 2.64 bits per heavy atom. The van der Waals surface area contributed by atoms with Gasteiger partial charge in [-0.3, -0.25) is 14.3 Å². The number of nitrogens with zero attached hydrogens (tertiary/aromatic N) is 3. The maximum atomic E-state index is 12.5. The Bertz CT molecular complexity index is 1070. The van der Waals surface area contributed by atoms with E-state index >= 15 is 0 Å². The lowest BCUT2D eigenvalue weighted by atomic mass is 9.75. The third kappa shape index (κ3) is 3.50. The van der Waals surface area contributed by atoms with Crippen molar-refractivity contribution in [2.45, 2.75) is 31.3 Å². The molecule has 0 atom stereocenters. The maximum absolute atomic E-state index is 12.5. The lowest BCUT2D eigenvalue weighted by Crippen LogP contribution is -2.34. The van der Waals surface area contributed by atoms with Crippen molar-refractivity contribution < 1.29 is 9.59 Å². The molecule has 0 unspecified atom stereocenters. The minimum Gasteiger partial charge on any atom is -0.364 e. The lowest BCUT2D eigenvalue weighted by molar-refractivity contribution is -0.116. The van der Waals surface area contributed by atoms with Crippen LogP contribution in [0.1, 0.15) is 34.8 Å². The van der Waals surface area contributed by atoms with Gasteiger partial charge in [-0.15, -0.1) is 0 Å². The summed E-state index contributed by atoms with van der Waals surface area (Å²) in [5.41, 5.74) is 13.4. The van der Waals surface area contributed by atoms with E-state index in [9.17, 15) is 9.59 Å². The number of hydrogen-bond donors (Lipinski definition) is 3. The summed E-state index contributed by atoms with van der Waals surface area (Å²) in [7, 11) is 0. The predicted octanol–water partition coefficient (Wildman–Crippen LogP) is 2.14. The Morgan fingerprint density at radius 2 is 1.96 bits per heavy atom. The predicted molar refractivity (Wildman–Crippen MR) is 109 cm³/mol. The van der Waals surface area contributed by atoms with Crippen LogP contribution in [0.5, 0.6) is 0 Å². The molecule has 0 saturated heterocycles. The number of benzene rings is 1. The fraction of sp³-hybridized carbons (Fsp3) is 0.263. The molecule has 0 bridgehead atoms. The highest BCUT2D eigenvalue weighted by molar-refractivity contribution is 9.10. The molecule has 1 saturated carbocycles. The van der Waals surface area contributed by atoms with Crippen LogP contribution in [-0.4, -0.2) is 32.6 Å². The molecule has 1 aromatic carbocycles. The number of halogens is 1. The fourth-order valence-corrected chi connectivity index (χ4v) is 3.94. The molecule has 2 heterocycles. The number of rotatable bonds is 5. The van der Waals surface area contributed by atoms with E-state index in [1.165, 1.54) is 4.68 Å². The quantitative estimate of drug-likeness (QED) is 0.521. The Labute approximate surface area is 169 Å². The molecular weight excluding hydrogens is 424 g/mol. The van der Waals surface area contributed by atoms with Crippen molar-refractivity contribution in [2.24, 2.45) is 11.5 Å². The second kappa shape index (κ2) is 7.33. The first-order valence-corrected chi connectivity index (χ1v) is 9.69. The van der Waals surface area contributed by atoms with E-state index < -0.39 is 5.91 Å². The van der Waals surface area contributed by atoms with Crippen molar-refractivity contribution in [2.75, 3.05) is 5.32 Å². The van der Waals surface area contributed by atoms with Gasteiger partial charge in [0, 0.05) is 11.4 Å². The van der Waals surface area contributed by atoms with Crippen LogP contribution in [-0.2, 0) is 11.3 Å². The third-order valence-electron chi connectivity index (χ3n) is 4.93. The van der Waals surface area contributed by atoms with Crippen molar-refractivity contribution in [1.29, 1.82) is 0 Å². The van der Waals surface area contributed by atoms with Gasteiger partial charge in [-0.25, -0.2) is 4.98 Å². The van der Waals surface area contributed by atoms with Gasteiger partial charge >= 0.3 is 0 Å². The molecule has 1 aliphatic carbocycles. The highest BCUT2D eigenvalue weighted by Crippen LogP contribution is 2.40. The number of pyridine rings is 1. The van der Waals surface area contributed by atoms with Crippen LogP contribution in [0, 0.1) is 0 Å². The van der Waals surface area contributed by atoms with Crippen molar-refractivity contribution in [3.05, 3.63) is 52.3 Å². The zero-order valence-electron chi connectivity index (χ0n) is 14.9. The van der Waals surface area contributed by atoms with Gasteiger partial charge in [0.25, 0.3) is 5.91 Å². The van der Waals surface area contributed by atoms with Gasteiger partial charge in [0.15, 0.2) is 5.69 Å². The maximum Gasteiger partial charge on any atom is 0.269 e. The minimum atomic E-state index is -0.617. The molecule has 144 valence electrons. The summed E-state index contributed by atoms with van der Waals surface area (Å²) in [6, 6.07) is 11.1. The summed E-state index contributed by atoms with van der Waals surface area (Å²) in [4.78, 5) is 28.7. The molecular formula is C19H19BrN6O2. The summed E-state index contributed by atoms with van der Waals surface area (Å²) < 4.78 is 2.12. The van der Waals surface area contributed by atoms with Crippen molar-refractivity contribution in [3.63, 3.8) is 0 Å². The molecule has 2 aromatic heterocycles. The van der Waals surface area contributed by atoms with E-state index in [0.29, 0.717) is 21.3 Å². The first kappa shape index (κ1) is 18.6. The van der Waals surface area contributed by atoms with Crippen LogP contribution >= 0.6 is 15.9 Å². The van der Waals surface area contributed by atoms with Crippen molar-refractivity contribution in [3.8, 4) is 0 Å². The molecule has 28 heavy (non-hydrogen) atoms. The molecule has 2 amide bonds. The number of fused-ring (bicyclic) bond motifs is 1. The van der Waals surface area contributed by atoms with E-state index in [4.69, 9.17) is 11.5 Å². The third-order valence-corrected chi connectivity index (χ3v) is 5.38. The molecule has 0 radical (unpaired) electrons. The Hall–Kier alpha value is -2.78. The summed E-state index contributed by atoms with van der Waals surface area (Å²) in [6.45, 7) is -0.0639. The summed E-state index contributed by atoms with van der Waals surface area (Å²) in [5, 5.41) is 7.76. The van der Waals surface area contributed by atoms with Crippen LogP contribution in [0.4, 0.5) is 5.82 Å². The molecule has 5 N–H and O–H groups in total. The Kier molecular flexibility index (Phi) is 4.86. The first-order valence-electron chi connectivity index (χ1n) is 8.89. The van der Waals surface area contributed by atoms with Gasteiger partial charge in [0.1, 0.15) is 17.0 Å². The average molecular weight is 443 g/mol. The zero-order chi connectivity index (χ0) is 19.8. The average Bonchev–Trinajstić information content (AvgIpc) is 2.98. The molecule has 1 aliphatic rings. The minimum absolute atomic E-state index is 0.0639. The molecule has 8 nitrogen and oxygen atoms in total. The van der Waals surface area contributed by atoms with Gasteiger partial charge in [0.05, 0.1) is 5.52 Å². The summed E-state index contributed by atoms with van der Waals surface area (Å²) in [6.07, 6.45) is 1.72.